The molecular weight excluding hydrogens is 329 g/mol. The molecule has 0 atom stereocenters. The molecule has 0 rings (SSSR count). The minimum atomic E-state index is -0.993. The molecule has 0 fully saturated rings. The third-order valence-corrected chi connectivity index (χ3v) is 0.784. The Morgan fingerprint density at radius 3 is 2.30 bits per heavy atom. The maximum absolute atomic E-state index is 9.92. The second-order valence-electron chi connectivity index (χ2n) is 1.64. The molecule has 0 aromatic heterocycles. The fraction of sp³-hybridized carbons (Fsp3) is 0.500. The van der Waals surface area contributed by atoms with Gasteiger partial charge in [-0.3, -0.25) is 10.2 Å². The first-order valence-electron chi connectivity index (χ1n) is 2.31. The van der Waals surface area contributed by atoms with Crippen molar-refractivity contribution in [1.82, 2.24) is 4.90 Å². The van der Waals surface area contributed by atoms with Crippen molar-refractivity contribution in [3.05, 3.63) is 0 Å². The van der Waals surface area contributed by atoms with Crippen molar-refractivity contribution in [2.75, 3.05) is 13.6 Å². The number of carbonyl (C=O) groups is 1. The third-order valence-electron chi connectivity index (χ3n) is 0.784. The summed E-state index contributed by atoms with van der Waals surface area (Å²) < 4.78 is 0. The molecule has 0 aromatic carbocycles. The molecule has 0 aliphatic carbocycles. The second-order valence-corrected chi connectivity index (χ2v) is 1.64. The van der Waals surface area contributed by atoms with Gasteiger partial charge in [0.25, 0.3) is 0 Å². The summed E-state index contributed by atoms with van der Waals surface area (Å²) >= 11 is 0. The van der Waals surface area contributed by atoms with E-state index in [1.54, 1.807) is 0 Å². The Morgan fingerprint density at radius 1 is 1.80 bits per heavy atom. The van der Waals surface area contributed by atoms with Crippen LogP contribution in [0.1, 0.15) is 0 Å². The van der Waals surface area contributed by atoms with Crippen LogP contribution in [-0.2, 0) is 4.79 Å². The van der Waals surface area contributed by atoms with Gasteiger partial charge in [0.05, 0.1) is 0 Å². The summed E-state index contributed by atoms with van der Waals surface area (Å²) in [5, 5.41) is 14.9. The molecule has 2 radical (unpaired) electrons. The van der Waals surface area contributed by atoms with Crippen molar-refractivity contribution in [3.63, 3.8) is 0 Å². The molecule has 10 heavy (non-hydrogen) atoms. The number of hydrogen-bond donors (Lipinski definition) is 3. The summed E-state index contributed by atoms with van der Waals surface area (Å²) in [6.45, 7) is -0.227. The Kier molecular flexibility index (Phi) is 6.73. The van der Waals surface area contributed by atoms with Gasteiger partial charge in [-0.2, -0.15) is 0 Å². The Hall–Kier alpha value is -0.338. The number of aliphatic carboxylic acids is 1. The average Bonchev–Trinajstić information content (AvgIpc) is 1.63. The minimum absolute atomic E-state index is 0. The van der Waals surface area contributed by atoms with E-state index in [1.165, 1.54) is 7.05 Å². The van der Waals surface area contributed by atoms with Gasteiger partial charge in [-0.15, -0.1) is 0 Å². The van der Waals surface area contributed by atoms with E-state index in [4.69, 9.17) is 16.2 Å². The standard InChI is InChI=1S/C4H9N3O2.Pb.2H/c1-7(4(5)6)2-3(8)9;;;/h2H2,1H3,(H3,5,6)(H,8,9);;;. The molecule has 0 bridgehead atoms. The number of carboxylic acid groups (broad SMARTS) is 1. The van der Waals surface area contributed by atoms with Crippen LogP contribution in [0.4, 0.5) is 0 Å². The predicted molar refractivity (Wildman–Crippen MR) is 40.7 cm³/mol. The van der Waals surface area contributed by atoms with Crippen molar-refractivity contribution in [3.8, 4) is 0 Å². The molecule has 0 saturated heterocycles. The van der Waals surface area contributed by atoms with E-state index in [0.717, 1.165) is 4.90 Å². The topological polar surface area (TPSA) is 90.4 Å². The average molecular weight is 340 g/mol. The molecule has 0 saturated carbocycles. The van der Waals surface area contributed by atoms with E-state index in [9.17, 15) is 4.79 Å². The van der Waals surface area contributed by atoms with Gasteiger partial charge < -0.3 is 15.7 Å². The number of nitrogens with two attached hydrogens (primary N) is 1. The van der Waals surface area contributed by atoms with E-state index in [-0.39, 0.29) is 39.8 Å². The van der Waals surface area contributed by atoms with Crippen LogP contribution in [0.5, 0.6) is 0 Å². The fourth-order valence-electron chi connectivity index (χ4n) is 0.288. The summed E-state index contributed by atoms with van der Waals surface area (Å²) in [5.41, 5.74) is 4.93. The molecule has 0 aliphatic rings. The molecule has 5 nitrogen and oxygen atoms in total. The second kappa shape index (κ2) is 5.45. The van der Waals surface area contributed by atoms with Gasteiger partial charge in [0, 0.05) is 7.05 Å². The molecule has 4 N–H and O–H groups in total. The van der Waals surface area contributed by atoms with E-state index < -0.39 is 5.97 Å². The van der Waals surface area contributed by atoms with Gasteiger partial charge in [-0.25, -0.2) is 0 Å². The van der Waals surface area contributed by atoms with Crippen LogP contribution in [0, 0.1) is 5.41 Å². The quantitative estimate of drug-likeness (QED) is 0.308. The van der Waals surface area contributed by atoms with Crippen molar-refractivity contribution < 1.29 is 9.90 Å². The van der Waals surface area contributed by atoms with E-state index in [2.05, 4.69) is 0 Å². The summed E-state index contributed by atoms with van der Waals surface area (Å²) in [6, 6.07) is 0. The monoisotopic (exact) mass is 341 g/mol. The number of nitrogens with one attached hydrogen (secondary N) is 1. The molecule has 0 aromatic rings. The Balaban J connectivity index is 0. The van der Waals surface area contributed by atoms with Crippen molar-refractivity contribution in [2.24, 2.45) is 5.73 Å². The van der Waals surface area contributed by atoms with Gasteiger partial charge in [0.2, 0.25) is 0 Å². The number of nitrogens with zero attached hydrogens (tertiary/aromatic N) is 1. The van der Waals surface area contributed by atoms with E-state index in [1.807, 2.05) is 0 Å². The first kappa shape index (κ1) is 12.3. The summed E-state index contributed by atoms with van der Waals surface area (Å²) in [7, 11) is 1.44. The fourth-order valence-corrected chi connectivity index (χ4v) is 0.288. The molecular formula is C4H11N3O2Pb. The first-order chi connectivity index (χ1) is 4.04. The number of likely N-dealkylation sites (N-methyl/N-ethyl adjacent to an activating group) is 1. The number of carboxylic acids is 1. The van der Waals surface area contributed by atoms with E-state index in [0.29, 0.717) is 0 Å². The Bertz CT molecular complexity index is 138. The Labute approximate surface area is 78.9 Å². The number of guanidine groups is 1. The van der Waals surface area contributed by atoms with Gasteiger partial charge >= 0.3 is 33.3 Å². The van der Waals surface area contributed by atoms with E-state index >= 15 is 0 Å². The van der Waals surface area contributed by atoms with Crippen LogP contribution in [0.3, 0.4) is 0 Å². The summed E-state index contributed by atoms with van der Waals surface area (Å²) in [5.74, 6) is -1.23. The number of rotatable bonds is 2. The normalized spacial score (nSPS) is 7.70. The maximum atomic E-state index is 9.92. The molecule has 0 amide bonds. The van der Waals surface area contributed by atoms with Gasteiger partial charge in [-0.05, 0) is 0 Å². The SMILES string of the molecule is CN(CC(=O)O)C(=N)N.[PbH2]. The third kappa shape index (κ3) is 5.79. The first-order valence-corrected chi connectivity index (χ1v) is 2.31. The van der Waals surface area contributed by atoms with Crippen molar-refractivity contribution in [2.45, 2.75) is 0 Å². The molecule has 0 heterocycles. The number of hydrogen-bond acceptors (Lipinski definition) is 2. The summed E-state index contributed by atoms with van der Waals surface area (Å²) in [6.07, 6.45) is 0. The summed E-state index contributed by atoms with van der Waals surface area (Å²) in [4.78, 5) is 11.0. The zero-order valence-corrected chi connectivity index (χ0v) is 11.3. The van der Waals surface area contributed by atoms with Gasteiger partial charge in [-0.1, -0.05) is 0 Å². The van der Waals surface area contributed by atoms with Crippen LogP contribution in [0.25, 0.3) is 0 Å². The Morgan fingerprint density at radius 2 is 2.20 bits per heavy atom. The van der Waals surface area contributed by atoms with Crippen LogP contribution < -0.4 is 5.73 Å². The van der Waals surface area contributed by atoms with Crippen molar-refractivity contribution >= 4 is 39.2 Å². The molecule has 0 aliphatic heterocycles. The molecule has 0 unspecified atom stereocenters. The molecule has 58 valence electrons. The van der Waals surface area contributed by atoms with Crippen LogP contribution >= 0.6 is 0 Å². The zero-order chi connectivity index (χ0) is 7.44. The molecule has 6 heteroatoms. The zero-order valence-electron chi connectivity index (χ0n) is 5.79. The van der Waals surface area contributed by atoms with Crippen LogP contribution in [0.2, 0.25) is 0 Å². The molecule has 0 spiro atoms. The van der Waals surface area contributed by atoms with Crippen molar-refractivity contribution in [1.29, 1.82) is 5.41 Å². The van der Waals surface area contributed by atoms with Crippen LogP contribution in [0.15, 0.2) is 0 Å². The van der Waals surface area contributed by atoms with Crippen LogP contribution in [-0.4, -0.2) is 62.8 Å². The van der Waals surface area contributed by atoms with Gasteiger partial charge in [0.15, 0.2) is 5.96 Å². The van der Waals surface area contributed by atoms with Gasteiger partial charge in [0.1, 0.15) is 6.54 Å². The predicted octanol–water partition coefficient (Wildman–Crippen LogP) is -2.02.